The Kier molecular flexibility index (Phi) is 4.90. The van der Waals surface area contributed by atoms with Crippen molar-refractivity contribution in [3.63, 3.8) is 0 Å². The van der Waals surface area contributed by atoms with Gasteiger partial charge in [-0.1, -0.05) is 29.8 Å². The maximum absolute atomic E-state index is 12.5. The van der Waals surface area contributed by atoms with Crippen LogP contribution in [0.3, 0.4) is 0 Å². The highest BCUT2D eigenvalue weighted by Gasteiger charge is 2.17. The first-order valence-electron chi connectivity index (χ1n) is 8.02. The number of hydrogen-bond acceptors (Lipinski definition) is 4. The molecule has 2 aromatic heterocycles. The molecule has 0 aliphatic rings. The largest absolute Gasteiger partial charge is 0.394 e. The molecule has 6 heteroatoms. The minimum Gasteiger partial charge on any atom is -0.394 e. The number of imidazole rings is 1. The van der Waals surface area contributed by atoms with Crippen molar-refractivity contribution in [3.8, 4) is 5.69 Å². The van der Waals surface area contributed by atoms with Crippen LogP contribution in [0.5, 0.6) is 0 Å². The van der Waals surface area contributed by atoms with E-state index >= 15 is 0 Å². The Morgan fingerprint density at radius 2 is 2.08 bits per heavy atom. The molecule has 0 spiro atoms. The van der Waals surface area contributed by atoms with E-state index in [0.717, 1.165) is 22.5 Å². The van der Waals surface area contributed by atoms with Crippen LogP contribution in [-0.2, 0) is 0 Å². The van der Waals surface area contributed by atoms with E-state index in [-0.39, 0.29) is 12.5 Å². The predicted octanol–water partition coefficient (Wildman–Crippen LogP) is 2.35. The van der Waals surface area contributed by atoms with Gasteiger partial charge in [0.2, 0.25) is 0 Å². The maximum atomic E-state index is 12.5. The highest BCUT2D eigenvalue weighted by molar-refractivity contribution is 5.92. The zero-order valence-electron chi connectivity index (χ0n) is 14.2. The predicted molar refractivity (Wildman–Crippen MR) is 94.6 cm³/mol. The van der Waals surface area contributed by atoms with Crippen LogP contribution in [0.1, 0.15) is 33.4 Å². The standard InChI is InChI=1S/C19H20N4O2/c1-13-4-3-5-15(8-13)18(11-24)22-19(25)17-10-23(12-21-17)16-6-7-20-14(2)9-16/h3-10,12,18,24H,11H2,1-2H3,(H,22,25)/t18-/m1/s1. The van der Waals surface area contributed by atoms with Gasteiger partial charge in [-0.25, -0.2) is 4.98 Å². The molecule has 2 N–H and O–H groups in total. The van der Waals surface area contributed by atoms with Crippen LogP contribution in [0.15, 0.2) is 55.1 Å². The number of aryl methyl sites for hydroxylation is 2. The Bertz CT molecular complexity index is 888. The molecule has 0 aliphatic heterocycles. The normalized spacial score (nSPS) is 12.0. The van der Waals surface area contributed by atoms with E-state index < -0.39 is 6.04 Å². The van der Waals surface area contributed by atoms with Crippen molar-refractivity contribution in [1.82, 2.24) is 19.9 Å². The number of benzene rings is 1. The second-order valence-electron chi connectivity index (χ2n) is 5.94. The van der Waals surface area contributed by atoms with Crippen LogP contribution >= 0.6 is 0 Å². The summed E-state index contributed by atoms with van der Waals surface area (Å²) < 4.78 is 1.77. The molecular weight excluding hydrogens is 316 g/mol. The van der Waals surface area contributed by atoms with Crippen molar-refractivity contribution in [3.05, 3.63) is 77.6 Å². The summed E-state index contributed by atoms with van der Waals surface area (Å²) in [6, 6.07) is 11.0. The van der Waals surface area contributed by atoms with Crippen molar-refractivity contribution in [2.75, 3.05) is 6.61 Å². The molecule has 0 radical (unpaired) electrons. The van der Waals surface area contributed by atoms with Gasteiger partial charge in [-0.15, -0.1) is 0 Å². The summed E-state index contributed by atoms with van der Waals surface area (Å²) >= 11 is 0. The minimum absolute atomic E-state index is 0.181. The lowest BCUT2D eigenvalue weighted by Gasteiger charge is -2.16. The Morgan fingerprint density at radius 1 is 1.24 bits per heavy atom. The SMILES string of the molecule is Cc1cccc([C@@H](CO)NC(=O)c2cn(-c3ccnc(C)c3)cn2)c1. The van der Waals surface area contributed by atoms with Crippen LogP contribution in [-0.4, -0.2) is 32.2 Å². The summed E-state index contributed by atoms with van der Waals surface area (Å²) in [6.45, 7) is 3.69. The Morgan fingerprint density at radius 3 is 2.80 bits per heavy atom. The number of nitrogens with one attached hydrogen (secondary N) is 1. The van der Waals surface area contributed by atoms with E-state index in [4.69, 9.17) is 0 Å². The molecule has 1 atom stereocenters. The molecule has 1 aromatic carbocycles. The fraction of sp³-hybridized carbons (Fsp3) is 0.211. The molecule has 3 aromatic rings. The monoisotopic (exact) mass is 336 g/mol. The molecule has 0 saturated heterocycles. The van der Waals surface area contributed by atoms with E-state index in [1.54, 1.807) is 23.3 Å². The summed E-state index contributed by atoms with van der Waals surface area (Å²) in [7, 11) is 0. The van der Waals surface area contributed by atoms with Crippen molar-refractivity contribution in [2.45, 2.75) is 19.9 Å². The molecule has 0 unspecified atom stereocenters. The third kappa shape index (κ3) is 3.92. The van der Waals surface area contributed by atoms with E-state index in [1.165, 1.54) is 0 Å². The number of amides is 1. The van der Waals surface area contributed by atoms with Crippen molar-refractivity contribution in [2.24, 2.45) is 0 Å². The average Bonchev–Trinajstić information content (AvgIpc) is 3.10. The molecule has 6 nitrogen and oxygen atoms in total. The second-order valence-corrected chi connectivity index (χ2v) is 5.94. The molecule has 3 rings (SSSR count). The lowest BCUT2D eigenvalue weighted by atomic mass is 10.0. The van der Waals surface area contributed by atoms with Gasteiger partial charge in [0.05, 0.1) is 12.6 Å². The molecule has 2 heterocycles. The first-order chi connectivity index (χ1) is 12.1. The average molecular weight is 336 g/mol. The van der Waals surface area contributed by atoms with Gasteiger partial charge in [-0.05, 0) is 31.5 Å². The van der Waals surface area contributed by atoms with Crippen LogP contribution in [0.25, 0.3) is 5.69 Å². The summed E-state index contributed by atoms with van der Waals surface area (Å²) in [4.78, 5) is 20.8. The zero-order chi connectivity index (χ0) is 17.8. The van der Waals surface area contributed by atoms with E-state index in [2.05, 4.69) is 15.3 Å². The third-order valence-corrected chi connectivity index (χ3v) is 3.93. The van der Waals surface area contributed by atoms with E-state index in [0.29, 0.717) is 5.69 Å². The Balaban J connectivity index is 1.77. The molecule has 0 bridgehead atoms. The smallest absolute Gasteiger partial charge is 0.272 e. The zero-order valence-corrected chi connectivity index (χ0v) is 14.2. The molecule has 25 heavy (non-hydrogen) atoms. The van der Waals surface area contributed by atoms with Gasteiger partial charge in [0.1, 0.15) is 12.0 Å². The quantitative estimate of drug-likeness (QED) is 0.749. The topological polar surface area (TPSA) is 80.0 Å². The van der Waals surface area contributed by atoms with Gasteiger partial charge < -0.3 is 15.0 Å². The fourth-order valence-electron chi connectivity index (χ4n) is 2.63. The van der Waals surface area contributed by atoms with Gasteiger partial charge in [-0.2, -0.15) is 0 Å². The molecule has 0 fully saturated rings. The number of aliphatic hydroxyl groups is 1. The number of aromatic nitrogens is 3. The molecule has 1 amide bonds. The number of hydrogen-bond donors (Lipinski definition) is 2. The molecular formula is C19H20N4O2. The molecule has 0 aliphatic carbocycles. The molecule has 0 saturated carbocycles. The third-order valence-electron chi connectivity index (χ3n) is 3.93. The number of nitrogens with zero attached hydrogens (tertiary/aromatic N) is 3. The van der Waals surface area contributed by atoms with Gasteiger partial charge in [0.15, 0.2) is 0 Å². The van der Waals surface area contributed by atoms with Crippen LogP contribution in [0.2, 0.25) is 0 Å². The van der Waals surface area contributed by atoms with Gasteiger partial charge in [0.25, 0.3) is 5.91 Å². The maximum Gasteiger partial charge on any atom is 0.272 e. The number of aliphatic hydroxyl groups excluding tert-OH is 1. The lowest BCUT2D eigenvalue weighted by molar-refractivity contribution is 0.0911. The van der Waals surface area contributed by atoms with Crippen LogP contribution in [0.4, 0.5) is 0 Å². The summed E-state index contributed by atoms with van der Waals surface area (Å²) in [6.07, 6.45) is 4.96. The van der Waals surface area contributed by atoms with Crippen LogP contribution in [0, 0.1) is 13.8 Å². The van der Waals surface area contributed by atoms with Crippen molar-refractivity contribution < 1.29 is 9.90 Å². The number of carbonyl (C=O) groups is 1. The number of rotatable bonds is 5. The highest BCUT2D eigenvalue weighted by Crippen LogP contribution is 2.15. The van der Waals surface area contributed by atoms with E-state index in [9.17, 15) is 9.90 Å². The first-order valence-corrected chi connectivity index (χ1v) is 8.02. The van der Waals surface area contributed by atoms with Crippen LogP contribution < -0.4 is 5.32 Å². The summed E-state index contributed by atoms with van der Waals surface area (Å²) in [5.74, 6) is -0.329. The lowest BCUT2D eigenvalue weighted by Crippen LogP contribution is -2.31. The Hall–Kier alpha value is -2.99. The van der Waals surface area contributed by atoms with E-state index in [1.807, 2.05) is 50.2 Å². The Labute approximate surface area is 146 Å². The van der Waals surface area contributed by atoms with Gasteiger partial charge in [-0.3, -0.25) is 9.78 Å². The van der Waals surface area contributed by atoms with Crippen molar-refractivity contribution in [1.29, 1.82) is 0 Å². The number of pyridine rings is 1. The van der Waals surface area contributed by atoms with Gasteiger partial charge in [0, 0.05) is 23.8 Å². The van der Waals surface area contributed by atoms with Crippen molar-refractivity contribution >= 4 is 5.91 Å². The first kappa shape index (κ1) is 16.9. The minimum atomic E-state index is -0.472. The van der Waals surface area contributed by atoms with Gasteiger partial charge >= 0.3 is 0 Å². The molecule has 128 valence electrons. The second kappa shape index (κ2) is 7.27. The summed E-state index contributed by atoms with van der Waals surface area (Å²) in [5, 5.41) is 12.5. The number of carbonyl (C=O) groups excluding carboxylic acids is 1. The highest BCUT2D eigenvalue weighted by atomic mass is 16.3. The fourth-order valence-corrected chi connectivity index (χ4v) is 2.63. The summed E-state index contributed by atoms with van der Waals surface area (Å²) in [5.41, 5.74) is 4.00.